The van der Waals surface area contributed by atoms with Crippen LogP contribution in [0.2, 0.25) is 0 Å². The largest absolute Gasteiger partial charge is 0.369 e. The fourth-order valence-electron chi connectivity index (χ4n) is 2.52. The van der Waals surface area contributed by atoms with E-state index in [0.717, 1.165) is 19.5 Å². The topological polar surface area (TPSA) is 29.3 Å². The number of aryl methyl sites for hydroxylation is 2. The lowest BCUT2D eigenvalue weighted by Gasteiger charge is -2.34. The standard InChI is InChI=1S/C13H19BrN2/c1-9-6-10(2)13(12(14)7-9)16-5-3-4-11(15)8-16/h6-7,11H,3-5,8,15H2,1-2H3. The lowest BCUT2D eigenvalue weighted by Crippen LogP contribution is -2.43. The molecule has 2 N–H and O–H groups in total. The summed E-state index contributed by atoms with van der Waals surface area (Å²) in [5.74, 6) is 0. The Labute approximate surface area is 106 Å². The SMILES string of the molecule is Cc1cc(C)c(N2CCCC(N)C2)c(Br)c1. The maximum absolute atomic E-state index is 6.04. The van der Waals surface area contributed by atoms with Gasteiger partial charge in [0.15, 0.2) is 0 Å². The molecule has 1 aromatic carbocycles. The van der Waals surface area contributed by atoms with E-state index in [9.17, 15) is 0 Å². The minimum absolute atomic E-state index is 0.321. The molecule has 2 rings (SSSR count). The number of nitrogens with two attached hydrogens (primary N) is 1. The van der Waals surface area contributed by atoms with Crippen LogP contribution in [0.5, 0.6) is 0 Å². The van der Waals surface area contributed by atoms with Crippen molar-refractivity contribution < 1.29 is 0 Å². The molecule has 1 fully saturated rings. The number of hydrogen-bond acceptors (Lipinski definition) is 2. The predicted molar refractivity (Wildman–Crippen MR) is 73.0 cm³/mol. The van der Waals surface area contributed by atoms with Gasteiger partial charge in [-0.3, -0.25) is 0 Å². The second-order valence-electron chi connectivity index (χ2n) is 4.76. The quantitative estimate of drug-likeness (QED) is 0.858. The number of piperidine rings is 1. The van der Waals surface area contributed by atoms with Crippen molar-refractivity contribution in [3.05, 3.63) is 27.7 Å². The summed E-state index contributed by atoms with van der Waals surface area (Å²) in [5, 5.41) is 0. The van der Waals surface area contributed by atoms with Gasteiger partial charge in [-0.2, -0.15) is 0 Å². The Hall–Kier alpha value is -0.540. The fraction of sp³-hybridized carbons (Fsp3) is 0.538. The predicted octanol–water partition coefficient (Wildman–Crippen LogP) is 2.99. The van der Waals surface area contributed by atoms with E-state index >= 15 is 0 Å². The van der Waals surface area contributed by atoms with E-state index in [1.807, 2.05) is 0 Å². The van der Waals surface area contributed by atoms with E-state index < -0.39 is 0 Å². The number of hydrogen-bond donors (Lipinski definition) is 1. The smallest absolute Gasteiger partial charge is 0.0541 e. The van der Waals surface area contributed by atoms with E-state index in [4.69, 9.17) is 5.73 Å². The highest BCUT2D eigenvalue weighted by molar-refractivity contribution is 9.10. The highest BCUT2D eigenvalue weighted by atomic mass is 79.9. The number of halogens is 1. The van der Waals surface area contributed by atoms with E-state index in [0.29, 0.717) is 6.04 Å². The van der Waals surface area contributed by atoms with E-state index in [2.05, 4.69) is 46.8 Å². The Balaban J connectivity index is 2.32. The molecule has 0 saturated carbocycles. The summed E-state index contributed by atoms with van der Waals surface area (Å²) >= 11 is 3.67. The van der Waals surface area contributed by atoms with Crippen LogP contribution >= 0.6 is 15.9 Å². The average Bonchev–Trinajstić information content (AvgIpc) is 2.15. The third-order valence-electron chi connectivity index (χ3n) is 3.17. The molecule has 0 bridgehead atoms. The Morgan fingerprint density at radius 3 is 2.75 bits per heavy atom. The lowest BCUT2D eigenvalue weighted by molar-refractivity contribution is 0.505. The molecule has 88 valence electrons. The molecule has 0 aromatic heterocycles. The molecule has 3 heteroatoms. The lowest BCUT2D eigenvalue weighted by atomic mass is 10.0. The molecule has 1 aromatic rings. The summed E-state index contributed by atoms with van der Waals surface area (Å²) in [6.07, 6.45) is 2.35. The molecule has 0 amide bonds. The van der Waals surface area contributed by atoms with Crippen molar-refractivity contribution in [2.75, 3.05) is 18.0 Å². The first kappa shape index (κ1) is 11.9. The maximum Gasteiger partial charge on any atom is 0.0541 e. The van der Waals surface area contributed by atoms with Crippen molar-refractivity contribution in [1.82, 2.24) is 0 Å². The number of benzene rings is 1. The van der Waals surface area contributed by atoms with Crippen molar-refractivity contribution in [3.63, 3.8) is 0 Å². The van der Waals surface area contributed by atoms with Crippen molar-refractivity contribution in [3.8, 4) is 0 Å². The molecule has 1 atom stereocenters. The van der Waals surface area contributed by atoms with Crippen molar-refractivity contribution in [1.29, 1.82) is 0 Å². The highest BCUT2D eigenvalue weighted by Gasteiger charge is 2.20. The summed E-state index contributed by atoms with van der Waals surface area (Å²) in [4.78, 5) is 2.41. The van der Waals surface area contributed by atoms with Gasteiger partial charge in [-0.25, -0.2) is 0 Å². The second-order valence-corrected chi connectivity index (χ2v) is 5.61. The average molecular weight is 283 g/mol. The second kappa shape index (κ2) is 4.76. The van der Waals surface area contributed by atoms with Crippen LogP contribution in [0.15, 0.2) is 16.6 Å². The van der Waals surface area contributed by atoms with Gasteiger partial charge in [-0.1, -0.05) is 6.07 Å². The highest BCUT2D eigenvalue weighted by Crippen LogP contribution is 2.32. The fourth-order valence-corrected chi connectivity index (χ4v) is 3.45. The zero-order chi connectivity index (χ0) is 11.7. The van der Waals surface area contributed by atoms with Gasteiger partial charge in [0.05, 0.1) is 5.69 Å². The van der Waals surface area contributed by atoms with Crippen molar-refractivity contribution in [2.45, 2.75) is 32.7 Å². The molecule has 0 radical (unpaired) electrons. The number of nitrogens with zero attached hydrogens (tertiary/aromatic N) is 1. The summed E-state index contributed by atoms with van der Waals surface area (Å²) in [7, 11) is 0. The molecule has 0 aliphatic carbocycles. The molecular formula is C13H19BrN2. The molecule has 1 aliphatic heterocycles. The maximum atomic E-state index is 6.04. The molecule has 1 aliphatic rings. The van der Waals surface area contributed by atoms with Crippen molar-refractivity contribution in [2.24, 2.45) is 5.73 Å². The van der Waals surface area contributed by atoms with Crippen LogP contribution in [0.25, 0.3) is 0 Å². The van der Waals surface area contributed by atoms with Gasteiger partial charge < -0.3 is 10.6 Å². The normalized spacial score (nSPS) is 21.2. The van der Waals surface area contributed by atoms with Gasteiger partial charge in [0.1, 0.15) is 0 Å². The van der Waals surface area contributed by atoms with Crippen LogP contribution in [0.4, 0.5) is 5.69 Å². The van der Waals surface area contributed by atoms with E-state index in [1.165, 1.54) is 27.7 Å². The Morgan fingerprint density at radius 1 is 1.38 bits per heavy atom. The van der Waals surface area contributed by atoms with Gasteiger partial charge in [-0.15, -0.1) is 0 Å². The Kier molecular flexibility index (Phi) is 3.55. The molecule has 16 heavy (non-hydrogen) atoms. The first-order valence-electron chi connectivity index (χ1n) is 5.85. The van der Waals surface area contributed by atoms with Gasteiger partial charge in [0, 0.05) is 23.6 Å². The van der Waals surface area contributed by atoms with Gasteiger partial charge in [0.25, 0.3) is 0 Å². The minimum atomic E-state index is 0.321. The summed E-state index contributed by atoms with van der Waals surface area (Å²) in [6, 6.07) is 4.74. The third kappa shape index (κ3) is 2.41. The molecule has 1 heterocycles. The first-order chi connectivity index (χ1) is 7.58. The van der Waals surface area contributed by atoms with Gasteiger partial charge in [-0.05, 0) is 59.8 Å². The molecular weight excluding hydrogens is 264 g/mol. The van der Waals surface area contributed by atoms with Crippen LogP contribution in [0, 0.1) is 13.8 Å². The van der Waals surface area contributed by atoms with Crippen LogP contribution in [-0.2, 0) is 0 Å². The summed E-state index contributed by atoms with van der Waals surface area (Å²) < 4.78 is 1.19. The van der Waals surface area contributed by atoms with Crippen LogP contribution in [0.1, 0.15) is 24.0 Å². The zero-order valence-electron chi connectivity index (χ0n) is 9.96. The zero-order valence-corrected chi connectivity index (χ0v) is 11.5. The summed E-state index contributed by atoms with van der Waals surface area (Å²) in [6.45, 7) is 6.40. The number of anilines is 1. The molecule has 2 nitrogen and oxygen atoms in total. The Morgan fingerprint density at radius 2 is 2.12 bits per heavy atom. The molecule has 1 unspecified atom stereocenters. The monoisotopic (exact) mass is 282 g/mol. The number of rotatable bonds is 1. The molecule has 0 spiro atoms. The van der Waals surface area contributed by atoms with Crippen molar-refractivity contribution >= 4 is 21.6 Å². The van der Waals surface area contributed by atoms with Gasteiger partial charge >= 0.3 is 0 Å². The van der Waals surface area contributed by atoms with E-state index in [-0.39, 0.29) is 0 Å². The first-order valence-corrected chi connectivity index (χ1v) is 6.64. The summed E-state index contributed by atoms with van der Waals surface area (Å²) in [5.41, 5.74) is 9.99. The van der Waals surface area contributed by atoms with Crippen LogP contribution < -0.4 is 10.6 Å². The van der Waals surface area contributed by atoms with E-state index in [1.54, 1.807) is 0 Å². The van der Waals surface area contributed by atoms with Crippen LogP contribution in [0.3, 0.4) is 0 Å². The van der Waals surface area contributed by atoms with Gasteiger partial charge in [0.2, 0.25) is 0 Å². The Bertz CT molecular complexity index is 367. The molecule has 1 saturated heterocycles. The third-order valence-corrected chi connectivity index (χ3v) is 3.78. The van der Waals surface area contributed by atoms with Crippen LogP contribution in [-0.4, -0.2) is 19.1 Å². The minimum Gasteiger partial charge on any atom is -0.369 e.